The molecule has 0 amide bonds. The highest BCUT2D eigenvalue weighted by molar-refractivity contribution is 5.39. The number of likely N-dealkylation sites (N-methyl/N-ethyl adjacent to an activating group) is 1. The first-order valence-electron chi connectivity index (χ1n) is 6.68. The lowest BCUT2D eigenvalue weighted by Crippen LogP contribution is -2.41. The van der Waals surface area contributed by atoms with Crippen LogP contribution < -0.4 is 10.1 Å². The Bertz CT molecular complexity index is 384. The van der Waals surface area contributed by atoms with E-state index in [9.17, 15) is 5.11 Å². The zero-order valence-electron chi connectivity index (χ0n) is 12.6. The molecule has 0 aromatic heterocycles. The van der Waals surface area contributed by atoms with Crippen LogP contribution in [-0.2, 0) is 6.54 Å². The molecule has 4 heteroatoms. The monoisotopic (exact) mass is 266 g/mol. The molecule has 1 aromatic rings. The molecule has 0 aliphatic carbocycles. The van der Waals surface area contributed by atoms with Gasteiger partial charge in [0.25, 0.3) is 0 Å². The maximum absolute atomic E-state index is 9.88. The second-order valence-corrected chi connectivity index (χ2v) is 5.40. The van der Waals surface area contributed by atoms with Gasteiger partial charge in [-0.15, -0.1) is 0 Å². The Balaban J connectivity index is 2.53. The maximum Gasteiger partial charge on any atom is 0.123 e. The fourth-order valence-electron chi connectivity index (χ4n) is 2.19. The molecule has 19 heavy (non-hydrogen) atoms. The van der Waals surface area contributed by atoms with E-state index in [1.165, 1.54) is 0 Å². The highest BCUT2D eigenvalue weighted by Crippen LogP contribution is 2.23. The lowest BCUT2D eigenvalue weighted by Gasteiger charge is -2.28. The van der Waals surface area contributed by atoms with Gasteiger partial charge in [-0.2, -0.15) is 0 Å². The molecule has 0 saturated heterocycles. The number of hydrogen-bond acceptors (Lipinski definition) is 4. The highest BCUT2D eigenvalue weighted by Gasteiger charge is 2.15. The number of methoxy groups -OCH3 is 1. The molecule has 0 aliphatic rings. The molecule has 0 bridgehead atoms. The SMILES string of the molecule is COc1ccc(CNCC(C(C)C)N(C)C)c(O)c1. The Labute approximate surface area is 116 Å². The van der Waals surface area contributed by atoms with Crippen LogP contribution in [0.1, 0.15) is 19.4 Å². The van der Waals surface area contributed by atoms with Crippen molar-refractivity contribution in [2.45, 2.75) is 26.4 Å². The number of ether oxygens (including phenoxy) is 1. The average Bonchev–Trinajstić information content (AvgIpc) is 2.35. The fourth-order valence-corrected chi connectivity index (χ4v) is 2.19. The highest BCUT2D eigenvalue weighted by atomic mass is 16.5. The van der Waals surface area contributed by atoms with Gasteiger partial charge in [-0.3, -0.25) is 0 Å². The van der Waals surface area contributed by atoms with Gasteiger partial charge in [0.05, 0.1) is 7.11 Å². The molecule has 1 unspecified atom stereocenters. The van der Waals surface area contributed by atoms with Gasteiger partial charge in [0, 0.05) is 30.8 Å². The van der Waals surface area contributed by atoms with Crippen LogP contribution in [-0.4, -0.2) is 43.8 Å². The summed E-state index contributed by atoms with van der Waals surface area (Å²) >= 11 is 0. The van der Waals surface area contributed by atoms with Crippen molar-refractivity contribution in [3.05, 3.63) is 23.8 Å². The number of rotatable bonds is 7. The number of aromatic hydroxyl groups is 1. The van der Waals surface area contributed by atoms with Crippen LogP contribution in [0.2, 0.25) is 0 Å². The number of phenols is 1. The van der Waals surface area contributed by atoms with Crippen LogP contribution in [0.25, 0.3) is 0 Å². The summed E-state index contributed by atoms with van der Waals surface area (Å²) in [6, 6.07) is 5.88. The van der Waals surface area contributed by atoms with Crippen molar-refractivity contribution >= 4 is 0 Å². The van der Waals surface area contributed by atoms with E-state index in [4.69, 9.17) is 4.74 Å². The largest absolute Gasteiger partial charge is 0.507 e. The third-order valence-electron chi connectivity index (χ3n) is 3.39. The zero-order valence-corrected chi connectivity index (χ0v) is 12.6. The third-order valence-corrected chi connectivity index (χ3v) is 3.39. The van der Waals surface area contributed by atoms with Gasteiger partial charge in [-0.25, -0.2) is 0 Å². The summed E-state index contributed by atoms with van der Waals surface area (Å²) in [5.74, 6) is 1.54. The predicted octanol–water partition coefficient (Wildman–Crippen LogP) is 2.08. The van der Waals surface area contributed by atoms with E-state index in [2.05, 4.69) is 38.2 Å². The minimum Gasteiger partial charge on any atom is -0.507 e. The molecule has 0 fully saturated rings. The number of hydrogen-bond donors (Lipinski definition) is 2. The van der Waals surface area contributed by atoms with Crippen molar-refractivity contribution in [1.29, 1.82) is 0 Å². The van der Waals surface area contributed by atoms with E-state index < -0.39 is 0 Å². The number of phenolic OH excluding ortho intramolecular Hbond substituents is 1. The molecular formula is C15H26N2O2. The molecule has 108 valence electrons. The Morgan fingerprint density at radius 3 is 2.47 bits per heavy atom. The van der Waals surface area contributed by atoms with Gasteiger partial charge in [0.1, 0.15) is 11.5 Å². The summed E-state index contributed by atoms with van der Waals surface area (Å²) < 4.78 is 5.07. The quantitative estimate of drug-likeness (QED) is 0.793. The first-order valence-corrected chi connectivity index (χ1v) is 6.68. The van der Waals surface area contributed by atoms with Crippen LogP contribution in [0.4, 0.5) is 0 Å². The Hall–Kier alpha value is -1.26. The topological polar surface area (TPSA) is 44.7 Å². The first kappa shape index (κ1) is 15.8. The van der Waals surface area contributed by atoms with Crippen LogP contribution in [0, 0.1) is 5.92 Å². The molecule has 0 spiro atoms. The van der Waals surface area contributed by atoms with Crippen LogP contribution in [0.3, 0.4) is 0 Å². The molecule has 1 rings (SSSR count). The van der Waals surface area contributed by atoms with Crippen molar-refractivity contribution in [3.8, 4) is 11.5 Å². The minimum absolute atomic E-state index is 0.276. The maximum atomic E-state index is 9.88. The Kier molecular flexibility index (Phi) is 6.12. The molecule has 0 saturated carbocycles. The van der Waals surface area contributed by atoms with E-state index in [1.807, 2.05) is 12.1 Å². The van der Waals surface area contributed by atoms with Crippen molar-refractivity contribution in [2.24, 2.45) is 5.92 Å². The standard InChI is InChI=1S/C15H26N2O2/c1-11(2)14(17(3)4)10-16-9-12-6-7-13(19-5)8-15(12)18/h6-8,11,14,16,18H,9-10H2,1-5H3. The number of benzene rings is 1. The lowest BCUT2D eigenvalue weighted by atomic mass is 10.0. The fraction of sp³-hybridized carbons (Fsp3) is 0.600. The number of nitrogens with zero attached hydrogens (tertiary/aromatic N) is 1. The zero-order chi connectivity index (χ0) is 14.4. The predicted molar refractivity (Wildman–Crippen MR) is 78.7 cm³/mol. The second-order valence-electron chi connectivity index (χ2n) is 5.40. The Morgan fingerprint density at radius 2 is 2.00 bits per heavy atom. The molecule has 2 N–H and O–H groups in total. The summed E-state index contributed by atoms with van der Waals surface area (Å²) in [6.45, 7) is 6.00. The summed E-state index contributed by atoms with van der Waals surface area (Å²) in [6.07, 6.45) is 0. The van der Waals surface area contributed by atoms with Crippen molar-refractivity contribution in [3.63, 3.8) is 0 Å². The van der Waals surface area contributed by atoms with E-state index in [0.29, 0.717) is 24.3 Å². The average molecular weight is 266 g/mol. The molecule has 0 radical (unpaired) electrons. The Morgan fingerprint density at radius 1 is 1.32 bits per heavy atom. The number of nitrogens with one attached hydrogen (secondary N) is 1. The summed E-state index contributed by atoms with van der Waals surface area (Å²) in [7, 11) is 5.78. The molecule has 0 aliphatic heterocycles. The van der Waals surface area contributed by atoms with Gasteiger partial charge < -0.3 is 20.1 Å². The lowest BCUT2D eigenvalue weighted by molar-refractivity contribution is 0.224. The van der Waals surface area contributed by atoms with E-state index in [-0.39, 0.29) is 5.75 Å². The van der Waals surface area contributed by atoms with Crippen molar-refractivity contribution < 1.29 is 9.84 Å². The van der Waals surface area contributed by atoms with Gasteiger partial charge >= 0.3 is 0 Å². The van der Waals surface area contributed by atoms with Gasteiger partial charge in [-0.05, 0) is 26.1 Å². The van der Waals surface area contributed by atoms with E-state index in [0.717, 1.165) is 12.1 Å². The summed E-state index contributed by atoms with van der Waals surface area (Å²) in [5.41, 5.74) is 0.891. The molecule has 1 atom stereocenters. The summed E-state index contributed by atoms with van der Waals surface area (Å²) in [4.78, 5) is 2.23. The smallest absolute Gasteiger partial charge is 0.123 e. The minimum atomic E-state index is 0.276. The molecule has 1 aromatic carbocycles. The van der Waals surface area contributed by atoms with Gasteiger partial charge in [-0.1, -0.05) is 19.9 Å². The van der Waals surface area contributed by atoms with Crippen molar-refractivity contribution in [1.82, 2.24) is 10.2 Å². The normalized spacial score (nSPS) is 13.0. The van der Waals surface area contributed by atoms with Crippen LogP contribution >= 0.6 is 0 Å². The molecule has 4 nitrogen and oxygen atoms in total. The molecule has 0 heterocycles. The van der Waals surface area contributed by atoms with E-state index >= 15 is 0 Å². The first-order chi connectivity index (χ1) is 8.95. The second kappa shape index (κ2) is 7.36. The third kappa shape index (κ3) is 4.73. The molecular weight excluding hydrogens is 240 g/mol. The van der Waals surface area contributed by atoms with Gasteiger partial charge in [0.15, 0.2) is 0 Å². The van der Waals surface area contributed by atoms with Crippen LogP contribution in [0.5, 0.6) is 11.5 Å². The van der Waals surface area contributed by atoms with E-state index in [1.54, 1.807) is 13.2 Å². The van der Waals surface area contributed by atoms with Gasteiger partial charge in [0.2, 0.25) is 0 Å². The summed E-state index contributed by atoms with van der Waals surface area (Å²) in [5, 5.41) is 13.3. The van der Waals surface area contributed by atoms with Crippen molar-refractivity contribution in [2.75, 3.05) is 27.7 Å². The van der Waals surface area contributed by atoms with Crippen LogP contribution in [0.15, 0.2) is 18.2 Å².